The monoisotopic (exact) mass is 306 g/mol. The topological polar surface area (TPSA) is 6.48 Å². The molecule has 2 aliphatic carbocycles. The van der Waals surface area contributed by atoms with E-state index in [-0.39, 0.29) is 0 Å². The zero-order chi connectivity index (χ0) is 15.6. The second-order valence-corrected chi connectivity index (χ2v) is 6.96. The lowest BCUT2D eigenvalue weighted by atomic mass is 9.94. The van der Waals surface area contributed by atoms with E-state index in [0.717, 1.165) is 19.6 Å². The summed E-state index contributed by atoms with van der Waals surface area (Å²) in [5, 5.41) is 0. The van der Waals surface area contributed by atoms with Crippen molar-refractivity contribution in [1.82, 2.24) is 9.80 Å². The van der Waals surface area contributed by atoms with Gasteiger partial charge in [0.1, 0.15) is 0 Å². The van der Waals surface area contributed by atoms with Gasteiger partial charge in [-0.05, 0) is 29.6 Å². The van der Waals surface area contributed by atoms with Gasteiger partial charge >= 0.3 is 0 Å². The summed E-state index contributed by atoms with van der Waals surface area (Å²) < 4.78 is 0. The van der Waals surface area contributed by atoms with Crippen LogP contribution in [0.2, 0.25) is 0 Å². The highest BCUT2D eigenvalue weighted by atomic mass is 15.3. The second kappa shape index (κ2) is 6.37. The average molecular weight is 306 g/mol. The van der Waals surface area contributed by atoms with E-state index < -0.39 is 0 Å². The summed E-state index contributed by atoms with van der Waals surface area (Å²) in [6.07, 6.45) is 9.62. The maximum Gasteiger partial charge on any atom is 0.0368 e. The number of allylic oxidation sites excluding steroid dienone is 5. The summed E-state index contributed by atoms with van der Waals surface area (Å²) in [5.41, 5.74) is 6.16. The predicted molar refractivity (Wildman–Crippen MR) is 95.9 cm³/mol. The van der Waals surface area contributed by atoms with Crippen molar-refractivity contribution in [2.24, 2.45) is 5.92 Å². The largest absolute Gasteiger partial charge is 0.369 e. The Morgan fingerprint density at radius 2 is 1.83 bits per heavy atom. The third-order valence-corrected chi connectivity index (χ3v) is 5.38. The summed E-state index contributed by atoms with van der Waals surface area (Å²) in [4.78, 5) is 5.21. The number of hydrogen-bond donors (Lipinski definition) is 0. The van der Waals surface area contributed by atoms with Gasteiger partial charge in [0, 0.05) is 44.3 Å². The van der Waals surface area contributed by atoms with Gasteiger partial charge < -0.3 is 4.90 Å². The van der Waals surface area contributed by atoms with Gasteiger partial charge in [-0.15, -0.1) is 0 Å². The van der Waals surface area contributed by atoms with E-state index in [1.165, 1.54) is 37.2 Å². The Balaban J connectivity index is 1.39. The van der Waals surface area contributed by atoms with Crippen molar-refractivity contribution >= 4 is 0 Å². The molecule has 0 N–H and O–H groups in total. The van der Waals surface area contributed by atoms with E-state index in [2.05, 4.69) is 65.3 Å². The molecule has 0 radical (unpaired) electrons. The van der Waals surface area contributed by atoms with Gasteiger partial charge in [-0.3, -0.25) is 4.90 Å². The van der Waals surface area contributed by atoms with Gasteiger partial charge in [-0.1, -0.05) is 55.5 Å². The molecule has 1 heterocycles. The number of rotatable bonds is 3. The van der Waals surface area contributed by atoms with E-state index in [9.17, 15) is 0 Å². The van der Waals surface area contributed by atoms with Gasteiger partial charge in [-0.2, -0.15) is 0 Å². The van der Waals surface area contributed by atoms with Crippen LogP contribution in [0.4, 0.5) is 0 Å². The predicted octanol–water partition coefficient (Wildman–Crippen LogP) is 3.98. The first-order chi connectivity index (χ1) is 11.3. The fourth-order valence-corrected chi connectivity index (χ4v) is 4.10. The van der Waals surface area contributed by atoms with Gasteiger partial charge in [0.2, 0.25) is 0 Å². The third-order valence-electron chi connectivity index (χ3n) is 5.38. The van der Waals surface area contributed by atoms with Crippen LogP contribution in [0.25, 0.3) is 0 Å². The molecule has 1 fully saturated rings. The molecule has 0 bridgehead atoms. The minimum atomic E-state index is 0.596. The lowest BCUT2D eigenvalue weighted by Gasteiger charge is -2.37. The molecule has 2 nitrogen and oxygen atoms in total. The highest BCUT2D eigenvalue weighted by molar-refractivity contribution is 5.50. The Morgan fingerprint density at radius 3 is 2.61 bits per heavy atom. The van der Waals surface area contributed by atoms with Crippen LogP contribution in [-0.4, -0.2) is 36.0 Å². The van der Waals surface area contributed by atoms with Crippen molar-refractivity contribution in [1.29, 1.82) is 0 Å². The molecule has 1 saturated heterocycles. The fourth-order valence-electron chi connectivity index (χ4n) is 4.10. The summed E-state index contributed by atoms with van der Waals surface area (Å²) in [7, 11) is 0. The van der Waals surface area contributed by atoms with Gasteiger partial charge in [0.25, 0.3) is 0 Å². The minimum Gasteiger partial charge on any atom is -0.369 e. The Bertz CT molecular complexity index is 646. The van der Waals surface area contributed by atoms with Crippen molar-refractivity contribution in [3.8, 4) is 0 Å². The number of hydrogen-bond acceptors (Lipinski definition) is 2. The molecule has 2 heteroatoms. The van der Waals surface area contributed by atoms with E-state index in [1.807, 2.05) is 0 Å². The number of nitrogens with zero attached hydrogens (tertiary/aromatic N) is 2. The SMILES string of the molecule is CC1C=C(N2CCN(Cc3ccccc3)CC2)C2=C1C=CCC2. The molecule has 1 aliphatic heterocycles. The van der Waals surface area contributed by atoms with Gasteiger partial charge in [-0.25, -0.2) is 0 Å². The van der Waals surface area contributed by atoms with Crippen molar-refractivity contribution in [2.75, 3.05) is 26.2 Å². The van der Waals surface area contributed by atoms with Crippen LogP contribution in [0.3, 0.4) is 0 Å². The number of piperazine rings is 1. The molecule has 0 aromatic heterocycles. The molecule has 4 rings (SSSR count). The summed E-state index contributed by atoms with van der Waals surface area (Å²) >= 11 is 0. The molecule has 1 aromatic rings. The quantitative estimate of drug-likeness (QED) is 0.833. The maximum atomic E-state index is 2.62. The Hall–Kier alpha value is -1.80. The number of benzene rings is 1. The summed E-state index contributed by atoms with van der Waals surface area (Å²) in [6, 6.07) is 10.8. The van der Waals surface area contributed by atoms with Crippen LogP contribution < -0.4 is 0 Å². The molecule has 1 unspecified atom stereocenters. The first kappa shape index (κ1) is 14.8. The van der Waals surface area contributed by atoms with Crippen molar-refractivity contribution in [3.63, 3.8) is 0 Å². The normalized spacial score (nSPS) is 24.8. The summed E-state index contributed by atoms with van der Waals surface area (Å²) in [5.74, 6) is 0.596. The highest BCUT2D eigenvalue weighted by Gasteiger charge is 2.28. The Morgan fingerprint density at radius 1 is 1.04 bits per heavy atom. The standard InChI is InChI=1S/C21H26N2/c1-17-15-21(20-10-6-5-9-19(17)20)23-13-11-22(12-14-23)16-18-7-3-2-4-8-18/h2-5,7-9,15,17H,6,10-14,16H2,1H3. The molecule has 0 saturated carbocycles. The highest BCUT2D eigenvalue weighted by Crippen LogP contribution is 2.39. The Kier molecular flexibility index (Phi) is 4.09. The zero-order valence-electron chi connectivity index (χ0n) is 14.0. The zero-order valence-corrected chi connectivity index (χ0v) is 14.0. The van der Waals surface area contributed by atoms with Crippen molar-refractivity contribution in [3.05, 3.63) is 71.0 Å². The maximum absolute atomic E-state index is 2.62. The van der Waals surface area contributed by atoms with Crippen molar-refractivity contribution < 1.29 is 0 Å². The van der Waals surface area contributed by atoms with E-state index >= 15 is 0 Å². The van der Waals surface area contributed by atoms with Crippen LogP contribution in [-0.2, 0) is 6.54 Å². The minimum absolute atomic E-state index is 0.596. The average Bonchev–Trinajstić information content (AvgIpc) is 2.94. The Labute approximate surface area is 139 Å². The van der Waals surface area contributed by atoms with E-state index in [0.29, 0.717) is 5.92 Å². The molecular formula is C21H26N2. The van der Waals surface area contributed by atoms with Crippen LogP contribution in [0.5, 0.6) is 0 Å². The lowest BCUT2D eigenvalue weighted by molar-refractivity contribution is 0.154. The van der Waals surface area contributed by atoms with Crippen LogP contribution in [0.1, 0.15) is 25.3 Å². The van der Waals surface area contributed by atoms with E-state index in [1.54, 1.807) is 11.1 Å². The van der Waals surface area contributed by atoms with Gasteiger partial charge in [0.15, 0.2) is 0 Å². The fraction of sp³-hybridized carbons (Fsp3) is 0.429. The molecule has 23 heavy (non-hydrogen) atoms. The molecule has 1 aromatic carbocycles. The smallest absolute Gasteiger partial charge is 0.0368 e. The molecule has 0 spiro atoms. The second-order valence-electron chi connectivity index (χ2n) is 6.96. The lowest BCUT2D eigenvalue weighted by Crippen LogP contribution is -2.45. The van der Waals surface area contributed by atoms with Crippen LogP contribution in [0.15, 0.2) is 65.4 Å². The summed E-state index contributed by atoms with van der Waals surface area (Å²) in [6.45, 7) is 8.07. The molecule has 1 atom stereocenters. The first-order valence-electron chi connectivity index (χ1n) is 8.94. The van der Waals surface area contributed by atoms with Crippen LogP contribution >= 0.6 is 0 Å². The molecular weight excluding hydrogens is 280 g/mol. The van der Waals surface area contributed by atoms with Crippen molar-refractivity contribution in [2.45, 2.75) is 26.3 Å². The molecule has 0 amide bonds. The molecule has 3 aliphatic rings. The van der Waals surface area contributed by atoms with Crippen LogP contribution in [0, 0.1) is 5.92 Å². The first-order valence-corrected chi connectivity index (χ1v) is 8.94. The van der Waals surface area contributed by atoms with Gasteiger partial charge in [0.05, 0.1) is 0 Å². The molecule has 120 valence electrons. The van der Waals surface area contributed by atoms with E-state index in [4.69, 9.17) is 0 Å². The third kappa shape index (κ3) is 3.00.